The van der Waals surface area contributed by atoms with Crippen LogP contribution in [0.25, 0.3) is 22.5 Å². The van der Waals surface area contributed by atoms with Crippen molar-refractivity contribution >= 4 is 35.1 Å². The second-order valence-corrected chi connectivity index (χ2v) is 7.73. The molecule has 0 unspecified atom stereocenters. The van der Waals surface area contributed by atoms with Gasteiger partial charge in [0.1, 0.15) is 0 Å². The highest BCUT2D eigenvalue weighted by atomic mass is 35.5. The molecular formula is C22H16ClF3N4O4. The van der Waals surface area contributed by atoms with Crippen molar-refractivity contribution in [3.63, 3.8) is 0 Å². The van der Waals surface area contributed by atoms with Gasteiger partial charge in [-0.3, -0.25) is 14.6 Å². The van der Waals surface area contributed by atoms with Gasteiger partial charge in [0.2, 0.25) is 0 Å². The number of esters is 1. The Morgan fingerprint density at radius 2 is 1.94 bits per heavy atom. The van der Waals surface area contributed by atoms with E-state index in [-0.39, 0.29) is 16.6 Å². The van der Waals surface area contributed by atoms with Gasteiger partial charge in [-0.25, -0.2) is 4.79 Å². The number of anilines is 1. The molecule has 4 rings (SSSR count). The van der Waals surface area contributed by atoms with Crippen LogP contribution in [0.4, 0.5) is 18.9 Å². The molecule has 1 aliphatic rings. The Bertz CT molecular complexity index is 1290. The molecule has 0 bridgehead atoms. The molecule has 2 aromatic heterocycles. The highest BCUT2D eigenvalue weighted by molar-refractivity contribution is 6.34. The molecule has 1 aliphatic heterocycles. The summed E-state index contributed by atoms with van der Waals surface area (Å²) in [6.45, 7) is -0.544. The Balaban J connectivity index is 1.49. The van der Waals surface area contributed by atoms with Gasteiger partial charge in [0.15, 0.2) is 6.61 Å². The highest BCUT2D eigenvalue weighted by Crippen LogP contribution is 2.31. The van der Waals surface area contributed by atoms with E-state index in [1.807, 2.05) is 0 Å². The molecule has 0 fully saturated rings. The second-order valence-electron chi connectivity index (χ2n) is 7.33. The van der Waals surface area contributed by atoms with E-state index in [1.165, 1.54) is 12.1 Å². The molecular weight excluding hydrogens is 477 g/mol. The summed E-state index contributed by atoms with van der Waals surface area (Å²) in [5, 5.41) is 5.18. The summed E-state index contributed by atoms with van der Waals surface area (Å²) < 4.78 is 40.4. The number of rotatable bonds is 5. The van der Waals surface area contributed by atoms with Gasteiger partial charge in [-0.2, -0.15) is 13.2 Å². The maximum absolute atomic E-state index is 12.2. The summed E-state index contributed by atoms with van der Waals surface area (Å²) in [4.78, 5) is 42.1. The number of H-pyrrole nitrogens is 1. The topological polar surface area (TPSA) is 113 Å². The number of pyridine rings is 1. The number of fused-ring (bicyclic) bond motifs is 1. The summed E-state index contributed by atoms with van der Waals surface area (Å²) in [5.74, 6) is -3.57. The Labute approximate surface area is 195 Å². The van der Waals surface area contributed by atoms with Crippen molar-refractivity contribution in [2.75, 3.05) is 18.5 Å². The van der Waals surface area contributed by atoms with Gasteiger partial charge in [0.25, 0.3) is 11.8 Å². The van der Waals surface area contributed by atoms with Crippen molar-refractivity contribution in [3.8, 4) is 22.5 Å². The van der Waals surface area contributed by atoms with Crippen LogP contribution in [0.5, 0.6) is 0 Å². The molecule has 0 saturated heterocycles. The minimum absolute atomic E-state index is 0.104. The number of halogens is 4. The lowest BCUT2D eigenvalue weighted by Gasteiger charge is -2.11. The molecule has 1 aromatic carbocycles. The van der Waals surface area contributed by atoms with Crippen molar-refractivity contribution < 1.29 is 32.3 Å². The third kappa shape index (κ3) is 5.04. The standard InChI is InChI=1S/C22H16ClF3N4O4/c23-14-7-11(1-2-16(14)30-19(31)10-34-21(33)22(24,25)26)17-8-12(3-5-27-17)18-9-13-15(29-18)4-6-28-20(13)32/h1-3,5,7-9,29H,4,6,10H2,(H,28,32)(H,30,31). The normalized spacial score (nSPS) is 13.1. The van der Waals surface area contributed by atoms with E-state index >= 15 is 0 Å². The smallest absolute Gasteiger partial charge is 0.449 e. The zero-order valence-corrected chi connectivity index (χ0v) is 18.0. The molecule has 8 nitrogen and oxygen atoms in total. The summed E-state index contributed by atoms with van der Waals surface area (Å²) in [5.41, 5.74) is 4.32. The Morgan fingerprint density at radius 3 is 2.65 bits per heavy atom. The first-order valence-electron chi connectivity index (χ1n) is 9.92. The molecule has 0 aliphatic carbocycles. The van der Waals surface area contributed by atoms with E-state index in [2.05, 4.69) is 25.3 Å². The van der Waals surface area contributed by atoms with E-state index in [0.717, 1.165) is 17.0 Å². The van der Waals surface area contributed by atoms with Gasteiger partial charge in [-0.15, -0.1) is 0 Å². The number of carbonyl (C=O) groups excluding carboxylic acids is 3. The zero-order valence-electron chi connectivity index (χ0n) is 17.3. The van der Waals surface area contributed by atoms with Crippen molar-refractivity contribution in [2.45, 2.75) is 12.6 Å². The molecule has 0 spiro atoms. The third-order valence-electron chi connectivity index (χ3n) is 4.98. The lowest BCUT2D eigenvalue weighted by atomic mass is 10.1. The van der Waals surface area contributed by atoms with E-state index in [1.54, 1.807) is 30.5 Å². The maximum Gasteiger partial charge on any atom is 0.490 e. The number of amides is 2. The van der Waals surface area contributed by atoms with E-state index < -0.39 is 24.7 Å². The number of aromatic amines is 1. The van der Waals surface area contributed by atoms with Crippen LogP contribution in [0.3, 0.4) is 0 Å². The van der Waals surface area contributed by atoms with E-state index in [9.17, 15) is 27.6 Å². The molecule has 3 N–H and O–H groups in total. The predicted octanol–water partition coefficient (Wildman–Crippen LogP) is 3.73. The lowest BCUT2D eigenvalue weighted by Crippen LogP contribution is -2.31. The van der Waals surface area contributed by atoms with Crippen LogP contribution in [0.1, 0.15) is 16.1 Å². The largest absolute Gasteiger partial charge is 0.490 e. The zero-order chi connectivity index (χ0) is 24.5. The van der Waals surface area contributed by atoms with E-state index in [4.69, 9.17) is 11.6 Å². The van der Waals surface area contributed by atoms with Crippen molar-refractivity contribution in [1.82, 2.24) is 15.3 Å². The SMILES string of the molecule is O=C(COC(=O)C(F)(F)F)Nc1ccc(-c2cc(-c3cc4c([nH]3)CCNC4=O)ccn2)cc1Cl. The first kappa shape index (κ1) is 23.3. The third-order valence-corrected chi connectivity index (χ3v) is 5.29. The van der Waals surface area contributed by atoms with Crippen LogP contribution < -0.4 is 10.6 Å². The molecule has 0 radical (unpaired) electrons. The van der Waals surface area contributed by atoms with Crippen LogP contribution in [0.15, 0.2) is 42.6 Å². The van der Waals surface area contributed by atoms with Crippen molar-refractivity contribution in [1.29, 1.82) is 0 Å². The monoisotopic (exact) mass is 492 g/mol. The summed E-state index contributed by atoms with van der Waals surface area (Å²) >= 11 is 6.22. The predicted molar refractivity (Wildman–Crippen MR) is 116 cm³/mol. The van der Waals surface area contributed by atoms with Gasteiger partial charge in [-0.05, 0) is 30.3 Å². The van der Waals surface area contributed by atoms with Gasteiger partial charge in [0.05, 0.1) is 22.0 Å². The van der Waals surface area contributed by atoms with Crippen LogP contribution in [0, 0.1) is 0 Å². The van der Waals surface area contributed by atoms with E-state index in [0.29, 0.717) is 29.8 Å². The molecule has 34 heavy (non-hydrogen) atoms. The summed E-state index contributed by atoms with van der Waals surface area (Å²) in [7, 11) is 0. The van der Waals surface area contributed by atoms with Crippen LogP contribution in [-0.2, 0) is 20.7 Å². The number of nitrogens with zero attached hydrogens (tertiary/aromatic N) is 1. The number of aromatic nitrogens is 2. The number of hydrogen-bond acceptors (Lipinski definition) is 5. The number of carbonyl (C=O) groups is 3. The van der Waals surface area contributed by atoms with Crippen molar-refractivity contribution in [2.24, 2.45) is 0 Å². The molecule has 2 amide bonds. The van der Waals surface area contributed by atoms with Crippen LogP contribution in [-0.4, -0.2) is 47.1 Å². The number of ether oxygens (including phenoxy) is 1. The molecule has 0 saturated carbocycles. The highest BCUT2D eigenvalue weighted by Gasteiger charge is 2.41. The Kier molecular flexibility index (Phi) is 6.29. The number of alkyl halides is 3. The van der Waals surface area contributed by atoms with Crippen molar-refractivity contribution in [3.05, 3.63) is 58.9 Å². The fourth-order valence-electron chi connectivity index (χ4n) is 3.38. The van der Waals surface area contributed by atoms with Crippen LogP contribution in [0.2, 0.25) is 5.02 Å². The Morgan fingerprint density at radius 1 is 1.15 bits per heavy atom. The quantitative estimate of drug-likeness (QED) is 0.470. The second kappa shape index (κ2) is 9.18. The number of nitrogens with one attached hydrogen (secondary N) is 3. The first-order valence-corrected chi connectivity index (χ1v) is 10.3. The minimum atomic E-state index is -5.19. The fraction of sp³-hybridized carbons (Fsp3) is 0.182. The fourth-order valence-corrected chi connectivity index (χ4v) is 3.61. The number of hydrogen-bond donors (Lipinski definition) is 3. The van der Waals surface area contributed by atoms with Gasteiger partial charge in [-0.1, -0.05) is 17.7 Å². The molecule has 3 heterocycles. The maximum atomic E-state index is 12.2. The average molecular weight is 493 g/mol. The minimum Gasteiger partial charge on any atom is -0.449 e. The number of benzene rings is 1. The lowest BCUT2D eigenvalue weighted by molar-refractivity contribution is -0.199. The molecule has 0 atom stereocenters. The Hall–Kier alpha value is -3.86. The van der Waals surface area contributed by atoms with Gasteiger partial charge < -0.3 is 20.4 Å². The van der Waals surface area contributed by atoms with Gasteiger partial charge >= 0.3 is 12.1 Å². The molecule has 3 aromatic rings. The first-order chi connectivity index (χ1) is 16.1. The summed E-state index contributed by atoms with van der Waals surface area (Å²) in [6.07, 6.45) is -2.88. The average Bonchev–Trinajstić information content (AvgIpc) is 3.24. The summed E-state index contributed by atoms with van der Waals surface area (Å²) in [6, 6.07) is 9.96. The van der Waals surface area contributed by atoms with Gasteiger partial charge in [0, 0.05) is 41.7 Å². The molecule has 176 valence electrons. The van der Waals surface area contributed by atoms with Crippen LogP contribution >= 0.6 is 11.6 Å². The molecule has 12 heteroatoms.